The zero-order valence-corrected chi connectivity index (χ0v) is 11.1. The Hall–Kier alpha value is -0.0400. The third-order valence-corrected chi connectivity index (χ3v) is 3.39. The van der Waals surface area contributed by atoms with Gasteiger partial charge in [-0.15, -0.1) is 0 Å². The molecule has 0 spiro atoms. The highest BCUT2D eigenvalue weighted by molar-refractivity contribution is 14.1. The van der Waals surface area contributed by atoms with Crippen molar-refractivity contribution in [1.82, 2.24) is 4.98 Å². The summed E-state index contributed by atoms with van der Waals surface area (Å²) in [4.78, 5) is 3.83. The number of nitriles is 1. The summed E-state index contributed by atoms with van der Waals surface area (Å²) in [5.41, 5.74) is 0.279. The molecule has 0 unspecified atom stereocenters. The molecule has 0 N–H and O–H groups in total. The van der Waals surface area contributed by atoms with Gasteiger partial charge in [0.15, 0.2) is 0 Å². The molecule has 0 radical (unpaired) electrons. The predicted octanol–water partition coefficient (Wildman–Crippen LogP) is 3.29. The van der Waals surface area contributed by atoms with Gasteiger partial charge in [-0.2, -0.15) is 5.26 Å². The van der Waals surface area contributed by atoms with E-state index in [4.69, 9.17) is 5.26 Å². The first-order valence-corrected chi connectivity index (χ1v) is 5.71. The lowest BCUT2D eigenvalue weighted by Gasteiger charge is -2.09. The van der Waals surface area contributed by atoms with Crippen molar-refractivity contribution in [2.45, 2.75) is 12.8 Å². The summed E-state index contributed by atoms with van der Waals surface area (Å²) in [6.45, 7) is 0. The molecule has 0 aromatic carbocycles. The van der Waals surface area contributed by atoms with Crippen LogP contribution in [0.1, 0.15) is 17.6 Å². The Morgan fingerprint density at radius 1 is 1.50 bits per heavy atom. The molecule has 0 saturated carbocycles. The minimum Gasteiger partial charge on any atom is -0.249 e. The summed E-state index contributed by atoms with van der Waals surface area (Å²) in [6, 6.07) is 1.88. The summed E-state index contributed by atoms with van der Waals surface area (Å²) in [5, 5.41) is 8.52. The molecule has 74 valence electrons. The lowest BCUT2D eigenvalue weighted by Crippen LogP contribution is -2.02. The topological polar surface area (TPSA) is 36.7 Å². The second-order valence-corrected chi connectivity index (χ2v) is 4.61. The maximum absolute atomic E-state index is 12.6. The van der Waals surface area contributed by atoms with Gasteiger partial charge < -0.3 is 0 Å². The fourth-order valence-corrected chi connectivity index (χ4v) is 2.32. The molecule has 0 aliphatic rings. The molecule has 0 amide bonds. The number of aromatic nitrogens is 1. The summed E-state index contributed by atoms with van der Waals surface area (Å²) in [5.74, 6) is 0. The standard InChI is InChI=1S/C8H4F2I2N2/c9-7(10)6-4(1-2-13)5(11)3-14-8(6)12/h3,7H,1H2. The highest BCUT2D eigenvalue weighted by atomic mass is 127. The van der Waals surface area contributed by atoms with Gasteiger partial charge >= 0.3 is 0 Å². The molecule has 0 fully saturated rings. The Balaban J connectivity index is 3.35. The van der Waals surface area contributed by atoms with E-state index in [1.165, 1.54) is 6.20 Å². The molecule has 0 saturated heterocycles. The molecule has 0 bridgehead atoms. The maximum Gasteiger partial charge on any atom is 0.266 e. The van der Waals surface area contributed by atoms with Crippen molar-refractivity contribution in [3.8, 4) is 6.07 Å². The third-order valence-electron chi connectivity index (χ3n) is 1.60. The first-order valence-electron chi connectivity index (χ1n) is 3.55. The van der Waals surface area contributed by atoms with E-state index in [0.29, 0.717) is 9.13 Å². The van der Waals surface area contributed by atoms with E-state index in [2.05, 4.69) is 4.98 Å². The van der Waals surface area contributed by atoms with Gasteiger partial charge in [0.05, 0.1) is 18.1 Å². The fourth-order valence-electron chi connectivity index (χ4n) is 0.994. The van der Waals surface area contributed by atoms with Crippen molar-refractivity contribution in [3.05, 3.63) is 24.6 Å². The summed E-state index contributed by atoms with van der Waals surface area (Å²) >= 11 is 3.66. The van der Waals surface area contributed by atoms with E-state index >= 15 is 0 Å². The fraction of sp³-hybridized carbons (Fsp3) is 0.250. The quantitative estimate of drug-likeness (QED) is 0.544. The second kappa shape index (κ2) is 5.16. The Bertz CT molecular complexity index is 388. The van der Waals surface area contributed by atoms with Gasteiger partial charge in [0.25, 0.3) is 6.43 Å². The van der Waals surface area contributed by atoms with E-state index in [1.807, 2.05) is 28.7 Å². The molecular formula is C8H4F2I2N2. The van der Waals surface area contributed by atoms with E-state index in [-0.39, 0.29) is 15.7 Å². The largest absolute Gasteiger partial charge is 0.266 e. The summed E-state index contributed by atoms with van der Waals surface area (Å²) in [6.07, 6.45) is -1.08. The minimum absolute atomic E-state index is 0.00350. The van der Waals surface area contributed by atoms with E-state index in [9.17, 15) is 8.78 Å². The van der Waals surface area contributed by atoms with Gasteiger partial charge in [-0.3, -0.25) is 0 Å². The molecule has 14 heavy (non-hydrogen) atoms. The first-order chi connectivity index (χ1) is 6.57. The highest BCUT2D eigenvalue weighted by Gasteiger charge is 2.19. The summed E-state index contributed by atoms with van der Waals surface area (Å²) in [7, 11) is 0. The number of alkyl halides is 2. The van der Waals surface area contributed by atoms with Crippen LogP contribution in [0.3, 0.4) is 0 Å². The zero-order chi connectivity index (χ0) is 10.7. The number of nitrogens with zero attached hydrogens (tertiary/aromatic N) is 2. The van der Waals surface area contributed by atoms with E-state index in [1.54, 1.807) is 22.6 Å². The lowest BCUT2D eigenvalue weighted by molar-refractivity contribution is 0.148. The average molecular weight is 420 g/mol. The smallest absolute Gasteiger partial charge is 0.249 e. The molecule has 0 atom stereocenters. The van der Waals surface area contributed by atoms with Gasteiger partial charge in [-0.1, -0.05) is 0 Å². The molecule has 6 heteroatoms. The number of hydrogen-bond acceptors (Lipinski definition) is 2. The Kier molecular flexibility index (Phi) is 4.43. The van der Waals surface area contributed by atoms with E-state index < -0.39 is 6.43 Å². The Morgan fingerprint density at radius 2 is 2.14 bits per heavy atom. The van der Waals surface area contributed by atoms with Gasteiger partial charge in [-0.05, 0) is 50.7 Å². The Morgan fingerprint density at radius 3 is 2.64 bits per heavy atom. The van der Waals surface area contributed by atoms with Crippen molar-refractivity contribution in [1.29, 1.82) is 5.26 Å². The van der Waals surface area contributed by atoms with Crippen LogP contribution in [0.25, 0.3) is 0 Å². The van der Waals surface area contributed by atoms with Gasteiger partial charge in [0.2, 0.25) is 0 Å². The van der Waals surface area contributed by atoms with Crippen molar-refractivity contribution >= 4 is 45.2 Å². The molecule has 1 aromatic heterocycles. The van der Waals surface area contributed by atoms with Crippen LogP contribution in [0, 0.1) is 18.6 Å². The van der Waals surface area contributed by atoms with Crippen LogP contribution >= 0.6 is 45.2 Å². The van der Waals surface area contributed by atoms with Gasteiger partial charge in [0.1, 0.15) is 3.70 Å². The maximum atomic E-state index is 12.6. The predicted molar refractivity (Wildman–Crippen MR) is 63.9 cm³/mol. The van der Waals surface area contributed by atoms with Crippen LogP contribution in [-0.4, -0.2) is 4.98 Å². The molecule has 1 aromatic rings. The van der Waals surface area contributed by atoms with Gasteiger partial charge in [0, 0.05) is 9.77 Å². The van der Waals surface area contributed by atoms with Crippen LogP contribution in [-0.2, 0) is 6.42 Å². The van der Waals surface area contributed by atoms with Crippen LogP contribution in [0.4, 0.5) is 8.78 Å². The third kappa shape index (κ3) is 2.50. The van der Waals surface area contributed by atoms with Crippen molar-refractivity contribution in [3.63, 3.8) is 0 Å². The number of hydrogen-bond donors (Lipinski definition) is 0. The molecule has 1 rings (SSSR count). The first kappa shape index (κ1) is 12.0. The zero-order valence-electron chi connectivity index (χ0n) is 6.77. The lowest BCUT2D eigenvalue weighted by atomic mass is 10.1. The molecule has 1 heterocycles. The van der Waals surface area contributed by atoms with Crippen molar-refractivity contribution < 1.29 is 8.78 Å². The summed E-state index contributed by atoms with van der Waals surface area (Å²) < 4.78 is 26.1. The SMILES string of the molecule is N#CCc1c(I)cnc(I)c1C(F)F. The van der Waals surface area contributed by atoms with Crippen LogP contribution in [0.5, 0.6) is 0 Å². The number of halogens is 4. The molecule has 0 aliphatic carbocycles. The highest BCUT2D eigenvalue weighted by Crippen LogP contribution is 2.29. The van der Waals surface area contributed by atoms with Gasteiger partial charge in [-0.25, -0.2) is 13.8 Å². The Labute approximate surface area is 107 Å². The normalized spacial score (nSPS) is 10.3. The second-order valence-electron chi connectivity index (χ2n) is 2.42. The van der Waals surface area contributed by atoms with Crippen molar-refractivity contribution in [2.24, 2.45) is 0 Å². The molecular weight excluding hydrogens is 416 g/mol. The van der Waals surface area contributed by atoms with Crippen LogP contribution in [0.2, 0.25) is 0 Å². The monoisotopic (exact) mass is 420 g/mol. The van der Waals surface area contributed by atoms with E-state index in [0.717, 1.165) is 0 Å². The average Bonchev–Trinajstić information content (AvgIpc) is 2.11. The molecule has 0 aliphatic heterocycles. The van der Waals surface area contributed by atoms with Crippen LogP contribution < -0.4 is 0 Å². The van der Waals surface area contributed by atoms with Crippen molar-refractivity contribution in [2.75, 3.05) is 0 Å². The van der Waals surface area contributed by atoms with Crippen LogP contribution in [0.15, 0.2) is 6.20 Å². The molecule has 2 nitrogen and oxygen atoms in total. The number of pyridine rings is 1. The minimum atomic E-state index is -2.58. The number of rotatable bonds is 2.